The van der Waals surface area contributed by atoms with Crippen LogP contribution in [0.1, 0.15) is 17.2 Å². The van der Waals surface area contributed by atoms with Gasteiger partial charge in [-0.25, -0.2) is 4.98 Å². The fraction of sp³-hybridized carbons (Fsp3) is 0.167. The van der Waals surface area contributed by atoms with E-state index in [0.29, 0.717) is 18.1 Å². The van der Waals surface area contributed by atoms with Gasteiger partial charge in [-0.15, -0.1) is 0 Å². The maximum absolute atomic E-state index is 10.1. The number of aromatic nitrogens is 2. The van der Waals surface area contributed by atoms with Crippen LogP contribution in [0.25, 0.3) is 5.69 Å². The molecule has 0 fully saturated rings. The number of imidazole rings is 1. The molecular formula is C18H18ClN3O. The number of hydrogen-bond acceptors (Lipinski definition) is 3. The van der Waals surface area contributed by atoms with E-state index in [2.05, 4.69) is 22.4 Å². The van der Waals surface area contributed by atoms with E-state index in [9.17, 15) is 5.11 Å². The van der Waals surface area contributed by atoms with E-state index < -0.39 is 6.10 Å². The van der Waals surface area contributed by atoms with Crippen molar-refractivity contribution in [2.75, 3.05) is 6.54 Å². The highest BCUT2D eigenvalue weighted by Crippen LogP contribution is 2.16. The Morgan fingerprint density at radius 1 is 1.09 bits per heavy atom. The van der Waals surface area contributed by atoms with Crippen LogP contribution < -0.4 is 5.32 Å². The normalized spacial score (nSPS) is 12.3. The first-order chi connectivity index (χ1) is 11.2. The highest BCUT2D eigenvalue weighted by molar-refractivity contribution is 6.30. The fourth-order valence-corrected chi connectivity index (χ4v) is 2.48. The van der Waals surface area contributed by atoms with Crippen molar-refractivity contribution in [3.8, 4) is 5.69 Å². The van der Waals surface area contributed by atoms with E-state index in [0.717, 1.165) is 16.8 Å². The van der Waals surface area contributed by atoms with Crippen molar-refractivity contribution < 1.29 is 5.11 Å². The number of nitrogens with zero attached hydrogens (tertiary/aromatic N) is 2. The van der Waals surface area contributed by atoms with Crippen molar-refractivity contribution in [2.24, 2.45) is 0 Å². The molecule has 4 nitrogen and oxygen atoms in total. The van der Waals surface area contributed by atoms with Gasteiger partial charge in [0.25, 0.3) is 0 Å². The number of aliphatic hydroxyl groups is 1. The Labute approximate surface area is 140 Å². The fourth-order valence-electron chi connectivity index (χ4n) is 2.35. The topological polar surface area (TPSA) is 50.1 Å². The minimum atomic E-state index is -0.544. The quantitative estimate of drug-likeness (QED) is 0.730. The van der Waals surface area contributed by atoms with Crippen LogP contribution in [0.4, 0.5) is 0 Å². The van der Waals surface area contributed by atoms with E-state index in [1.807, 2.05) is 35.0 Å². The molecule has 0 saturated carbocycles. The summed E-state index contributed by atoms with van der Waals surface area (Å²) in [5, 5.41) is 14.1. The summed E-state index contributed by atoms with van der Waals surface area (Å²) in [6.45, 7) is 1.19. The average Bonchev–Trinajstić information content (AvgIpc) is 3.10. The highest BCUT2D eigenvalue weighted by atomic mass is 35.5. The first-order valence-electron chi connectivity index (χ1n) is 7.44. The highest BCUT2D eigenvalue weighted by Gasteiger charge is 2.06. The van der Waals surface area contributed by atoms with E-state index in [-0.39, 0.29) is 0 Å². The van der Waals surface area contributed by atoms with Crippen LogP contribution in [-0.4, -0.2) is 21.2 Å². The van der Waals surface area contributed by atoms with Gasteiger partial charge < -0.3 is 15.0 Å². The molecule has 5 heteroatoms. The van der Waals surface area contributed by atoms with Crippen LogP contribution in [0.2, 0.25) is 5.02 Å². The molecule has 0 amide bonds. The molecule has 23 heavy (non-hydrogen) atoms. The first-order valence-corrected chi connectivity index (χ1v) is 7.82. The Morgan fingerprint density at radius 3 is 2.48 bits per heavy atom. The first kappa shape index (κ1) is 15.7. The zero-order chi connectivity index (χ0) is 16.1. The second-order valence-electron chi connectivity index (χ2n) is 5.33. The van der Waals surface area contributed by atoms with Gasteiger partial charge in [-0.05, 0) is 35.4 Å². The lowest BCUT2D eigenvalue weighted by atomic mass is 10.1. The van der Waals surface area contributed by atoms with Gasteiger partial charge in [0.2, 0.25) is 0 Å². The van der Waals surface area contributed by atoms with Crippen molar-refractivity contribution in [3.63, 3.8) is 0 Å². The molecule has 118 valence electrons. The number of nitrogens with one attached hydrogen (secondary N) is 1. The van der Waals surface area contributed by atoms with Crippen molar-refractivity contribution in [1.29, 1.82) is 0 Å². The smallest absolute Gasteiger partial charge is 0.0991 e. The van der Waals surface area contributed by atoms with Gasteiger partial charge in [-0.1, -0.05) is 35.9 Å². The summed E-state index contributed by atoms with van der Waals surface area (Å²) in [4.78, 5) is 4.04. The van der Waals surface area contributed by atoms with Gasteiger partial charge in [0.05, 0.1) is 12.4 Å². The number of hydrogen-bond donors (Lipinski definition) is 2. The Morgan fingerprint density at radius 2 is 1.83 bits per heavy atom. The third-order valence-electron chi connectivity index (χ3n) is 3.66. The molecule has 0 aliphatic rings. The van der Waals surface area contributed by atoms with Crippen molar-refractivity contribution in [2.45, 2.75) is 12.6 Å². The number of aliphatic hydroxyl groups excluding tert-OH is 1. The predicted octanol–water partition coefficient (Wildman–Crippen LogP) is 3.35. The van der Waals surface area contributed by atoms with Crippen LogP contribution in [0, 0.1) is 0 Å². The van der Waals surface area contributed by atoms with E-state index in [4.69, 9.17) is 11.6 Å². The Hall–Kier alpha value is -2.14. The standard InChI is InChI=1S/C18H18ClN3O/c19-16-5-3-15(4-6-16)18(23)12-21-11-14-1-7-17(8-2-14)22-10-9-20-13-22/h1-10,13,18,21,23H,11-12H2/t18-/m0/s1. The molecule has 2 N–H and O–H groups in total. The lowest BCUT2D eigenvalue weighted by Crippen LogP contribution is -2.21. The predicted molar refractivity (Wildman–Crippen MR) is 91.7 cm³/mol. The minimum Gasteiger partial charge on any atom is -0.387 e. The van der Waals surface area contributed by atoms with Crippen LogP contribution in [0.3, 0.4) is 0 Å². The molecule has 0 aliphatic heterocycles. The summed E-state index contributed by atoms with van der Waals surface area (Å²) in [6, 6.07) is 15.5. The largest absolute Gasteiger partial charge is 0.387 e. The zero-order valence-electron chi connectivity index (χ0n) is 12.6. The third kappa shape index (κ3) is 4.20. The molecule has 3 aromatic rings. The summed E-state index contributed by atoms with van der Waals surface area (Å²) in [5.74, 6) is 0. The average molecular weight is 328 g/mol. The lowest BCUT2D eigenvalue weighted by Gasteiger charge is -2.12. The molecule has 0 saturated heterocycles. The van der Waals surface area contributed by atoms with Crippen molar-refractivity contribution in [1.82, 2.24) is 14.9 Å². The molecule has 0 radical (unpaired) electrons. The van der Waals surface area contributed by atoms with Gasteiger partial charge in [0.1, 0.15) is 0 Å². The van der Waals surface area contributed by atoms with Gasteiger partial charge in [-0.2, -0.15) is 0 Å². The minimum absolute atomic E-state index is 0.491. The lowest BCUT2D eigenvalue weighted by molar-refractivity contribution is 0.174. The zero-order valence-corrected chi connectivity index (χ0v) is 13.3. The summed E-state index contributed by atoms with van der Waals surface area (Å²) >= 11 is 5.85. The monoisotopic (exact) mass is 327 g/mol. The molecule has 0 unspecified atom stereocenters. The van der Waals surface area contributed by atoms with E-state index in [1.165, 1.54) is 0 Å². The molecule has 0 aliphatic carbocycles. The number of halogens is 1. The number of rotatable bonds is 6. The molecule has 1 atom stereocenters. The summed E-state index contributed by atoms with van der Waals surface area (Å²) in [7, 11) is 0. The molecule has 3 rings (SSSR count). The van der Waals surface area contributed by atoms with Gasteiger partial charge in [0, 0.05) is 36.2 Å². The molecular weight excluding hydrogens is 310 g/mol. The molecule has 1 aromatic heterocycles. The van der Waals surface area contributed by atoms with Gasteiger partial charge in [-0.3, -0.25) is 0 Å². The van der Waals surface area contributed by atoms with E-state index in [1.54, 1.807) is 24.7 Å². The maximum atomic E-state index is 10.1. The van der Waals surface area contributed by atoms with Crippen LogP contribution >= 0.6 is 11.6 Å². The van der Waals surface area contributed by atoms with E-state index >= 15 is 0 Å². The third-order valence-corrected chi connectivity index (χ3v) is 3.91. The summed E-state index contributed by atoms with van der Waals surface area (Å²) in [5.41, 5.74) is 3.10. The Balaban J connectivity index is 1.51. The van der Waals surface area contributed by atoms with Gasteiger partial charge >= 0.3 is 0 Å². The summed E-state index contributed by atoms with van der Waals surface area (Å²) in [6.07, 6.45) is 4.90. The van der Waals surface area contributed by atoms with Crippen LogP contribution in [0.5, 0.6) is 0 Å². The SMILES string of the molecule is O[C@@H](CNCc1ccc(-n2ccnc2)cc1)c1ccc(Cl)cc1. The molecule has 2 aromatic carbocycles. The molecule has 0 spiro atoms. The summed E-state index contributed by atoms with van der Waals surface area (Å²) < 4.78 is 1.96. The van der Waals surface area contributed by atoms with Crippen molar-refractivity contribution in [3.05, 3.63) is 83.4 Å². The molecule has 0 bridgehead atoms. The maximum Gasteiger partial charge on any atom is 0.0991 e. The Bertz CT molecular complexity index is 724. The second kappa shape index (κ2) is 7.42. The number of benzene rings is 2. The van der Waals surface area contributed by atoms with Crippen LogP contribution in [-0.2, 0) is 6.54 Å². The van der Waals surface area contributed by atoms with Crippen molar-refractivity contribution >= 4 is 11.6 Å². The molecule has 1 heterocycles. The second-order valence-corrected chi connectivity index (χ2v) is 5.77. The Kier molecular flexibility index (Phi) is 5.08. The van der Waals surface area contributed by atoms with Crippen LogP contribution in [0.15, 0.2) is 67.3 Å². The van der Waals surface area contributed by atoms with Gasteiger partial charge in [0.15, 0.2) is 0 Å².